The molecule has 19 heavy (non-hydrogen) atoms. The second-order valence-electron chi connectivity index (χ2n) is 4.77. The molecule has 2 rings (SSSR count). The number of hydrogen-bond acceptors (Lipinski definition) is 2. The van der Waals surface area contributed by atoms with Crippen molar-refractivity contribution < 1.29 is 13.6 Å². The Kier molecular flexibility index (Phi) is 4.52. The summed E-state index contributed by atoms with van der Waals surface area (Å²) < 4.78 is 26.8. The van der Waals surface area contributed by atoms with Crippen LogP contribution in [0.1, 0.15) is 19.3 Å². The van der Waals surface area contributed by atoms with E-state index in [0.29, 0.717) is 6.54 Å². The Balaban J connectivity index is 2.13. The van der Waals surface area contributed by atoms with E-state index < -0.39 is 11.6 Å². The van der Waals surface area contributed by atoms with Gasteiger partial charge >= 0.3 is 0 Å². The van der Waals surface area contributed by atoms with E-state index in [-0.39, 0.29) is 27.9 Å². The predicted molar refractivity (Wildman–Crippen MR) is 72.6 cm³/mol. The van der Waals surface area contributed by atoms with Crippen molar-refractivity contribution in [2.45, 2.75) is 19.3 Å². The molecule has 1 amide bonds. The molecule has 1 aliphatic rings. The van der Waals surface area contributed by atoms with E-state index in [2.05, 4.69) is 21.2 Å². The number of hydrogen-bond donors (Lipinski definition) is 2. The monoisotopic (exact) mass is 332 g/mol. The summed E-state index contributed by atoms with van der Waals surface area (Å²) in [6.07, 6.45) is 2.64. The number of carbonyl (C=O) groups excluding carboxylic acids is 1. The van der Waals surface area contributed by atoms with Gasteiger partial charge in [-0.2, -0.15) is 0 Å². The van der Waals surface area contributed by atoms with Gasteiger partial charge in [-0.1, -0.05) is 6.42 Å². The van der Waals surface area contributed by atoms with Crippen molar-refractivity contribution in [2.24, 2.45) is 17.6 Å². The minimum Gasteiger partial charge on any atom is -0.330 e. The third kappa shape index (κ3) is 3.12. The number of halogens is 3. The molecule has 104 valence electrons. The van der Waals surface area contributed by atoms with E-state index in [1.807, 2.05) is 0 Å². The number of nitrogens with two attached hydrogens (primary N) is 1. The summed E-state index contributed by atoms with van der Waals surface area (Å²) in [5, 5.41) is 2.52. The average Bonchev–Trinajstić information content (AvgIpc) is 2.84. The molecule has 0 radical (unpaired) electrons. The Bertz CT molecular complexity index is 496. The molecule has 1 aromatic rings. The predicted octanol–water partition coefficient (Wildman–Crippen LogP) is 3.04. The van der Waals surface area contributed by atoms with Gasteiger partial charge in [0.2, 0.25) is 5.91 Å². The van der Waals surface area contributed by atoms with Crippen molar-refractivity contribution in [2.75, 3.05) is 11.9 Å². The first-order chi connectivity index (χ1) is 9.02. The first kappa shape index (κ1) is 14.4. The molecule has 0 bridgehead atoms. The first-order valence-corrected chi connectivity index (χ1v) is 6.97. The van der Waals surface area contributed by atoms with Gasteiger partial charge in [0, 0.05) is 12.0 Å². The normalized spacial score (nSPS) is 22.5. The highest BCUT2D eigenvalue weighted by Gasteiger charge is 2.32. The summed E-state index contributed by atoms with van der Waals surface area (Å²) in [6.45, 7) is 0.452. The SMILES string of the molecule is NCC1CCCC1C(=O)Nc1cc(Br)c(F)cc1F. The van der Waals surface area contributed by atoms with E-state index >= 15 is 0 Å². The fourth-order valence-corrected chi connectivity index (χ4v) is 2.85. The Morgan fingerprint density at radius 1 is 1.37 bits per heavy atom. The lowest BCUT2D eigenvalue weighted by atomic mass is 9.95. The highest BCUT2D eigenvalue weighted by molar-refractivity contribution is 9.10. The van der Waals surface area contributed by atoms with Crippen molar-refractivity contribution in [3.05, 3.63) is 28.2 Å². The maximum Gasteiger partial charge on any atom is 0.227 e. The van der Waals surface area contributed by atoms with Gasteiger partial charge in [0.1, 0.15) is 11.6 Å². The fraction of sp³-hybridized carbons (Fsp3) is 0.462. The second kappa shape index (κ2) is 5.96. The maximum atomic E-state index is 13.6. The second-order valence-corrected chi connectivity index (χ2v) is 5.62. The minimum absolute atomic E-state index is 0.0130. The van der Waals surface area contributed by atoms with Crippen molar-refractivity contribution in [1.29, 1.82) is 0 Å². The van der Waals surface area contributed by atoms with Gasteiger partial charge in [-0.25, -0.2) is 8.78 Å². The molecule has 3 N–H and O–H groups in total. The van der Waals surface area contributed by atoms with Crippen LogP contribution in [0.5, 0.6) is 0 Å². The van der Waals surface area contributed by atoms with E-state index in [1.165, 1.54) is 6.07 Å². The van der Waals surface area contributed by atoms with Crippen molar-refractivity contribution in [1.82, 2.24) is 0 Å². The van der Waals surface area contributed by atoms with Crippen LogP contribution in [-0.2, 0) is 4.79 Å². The number of nitrogens with one attached hydrogen (secondary N) is 1. The summed E-state index contributed by atoms with van der Waals surface area (Å²) in [5.74, 6) is -1.77. The molecule has 0 saturated heterocycles. The van der Waals surface area contributed by atoms with E-state index in [9.17, 15) is 13.6 Å². The minimum atomic E-state index is -0.781. The summed E-state index contributed by atoms with van der Waals surface area (Å²) in [6, 6.07) is 1.98. The van der Waals surface area contributed by atoms with Crippen LogP contribution in [0.25, 0.3) is 0 Å². The Labute approximate surface area is 118 Å². The molecule has 3 nitrogen and oxygen atoms in total. The summed E-state index contributed by atoms with van der Waals surface area (Å²) in [4.78, 5) is 12.1. The topological polar surface area (TPSA) is 55.1 Å². The van der Waals surface area contributed by atoms with E-state index in [4.69, 9.17) is 5.73 Å². The molecule has 0 aromatic heterocycles. The van der Waals surface area contributed by atoms with Crippen LogP contribution in [0.3, 0.4) is 0 Å². The molecule has 2 atom stereocenters. The number of anilines is 1. The third-order valence-corrected chi connectivity index (χ3v) is 4.17. The smallest absolute Gasteiger partial charge is 0.227 e. The fourth-order valence-electron chi connectivity index (χ4n) is 2.51. The molecule has 0 aliphatic heterocycles. The van der Waals surface area contributed by atoms with Crippen LogP contribution in [0.15, 0.2) is 16.6 Å². The van der Waals surface area contributed by atoms with Gasteiger partial charge in [-0.15, -0.1) is 0 Å². The highest BCUT2D eigenvalue weighted by Crippen LogP contribution is 2.32. The molecule has 1 aliphatic carbocycles. The van der Waals surface area contributed by atoms with Gasteiger partial charge in [0.15, 0.2) is 0 Å². The van der Waals surface area contributed by atoms with Gasteiger partial charge in [0.05, 0.1) is 10.2 Å². The summed E-state index contributed by atoms with van der Waals surface area (Å²) in [7, 11) is 0. The van der Waals surface area contributed by atoms with Crippen molar-refractivity contribution in [3.63, 3.8) is 0 Å². The Morgan fingerprint density at radius 2 is 2.11 bits per heavy atom. The van der Waals surface area contributed by atoms with E-state index in [1.54, 1.807) is 0 Å². The zero-order chi connectivity index (χ0) is 14.0. The van der Waals surface area contributed by atoms with Crippen molar-refractivity contribution in [3.8, 4) is 0 Å². The molecule has 6 heteroatoms. The van der Waals surface area contributed by atoms with Gasteiger partial charge in [-0.05, 0) is 47.3 Å². The maximum absolute atomic E-state index is 13.6. The lowest BCUT2D eigenvalue weighted by Gasteiger charge is -2.17. The Morgan fingerprint density at radius 3 is 2.79 bits per heavy atom. The van der Waals surface area contributed by atoms with E-state index in [0.717, 1.165) is 25.3 Å². The number of benzene rings is 1. The van der Waals surface area contributed by atoms with Crippen LogP contribution >= 0.6 is 15.9 Å². The number of carbonyl (C=O) groups is 1. The third-order valence-electron chi connectivity index (χ3n) is 3.57. The Hall–Kier alpha value is -1.01. The lowest BCUT2D eigenvalue weighted by molar-refractivity contribution is -0.120. The standard InChI is InChI=1S/C13H15BrF2N2O/c14-9-4-12(11(16)5-10(9)15)18-13(19)8-3-1-2-7(8)6-17/h4-5,7-8H,1-3,6,17H2,(H,18,19). The average molecular weight is 333 g/mol. The molecule has 2 unspecified atom stereocenters. The zero-order valence-corrected chi connectivity index (χ0v) is 11.8. The van der Waals surface area contributed by atoms with Crippen LogP contribution in [0.4, 0.5) is 14.5 Å². The quantitative estimate of drug-likeness (QED) is 0.836. The van der Waals surface area contributed by atoms with Crippen LogP contribution in [0.2, 0.25) is 0 Å². The summed E-state index contributed by atoms with van der Waals surface area (Å²) in [5.41, 5.74) is 5.61. The number of rotatable bonds is 3. The zero-order valence-electron chi connectivity index (χ0n) is 10.3. The van der Waals surface area contributed by atoms with Crippen LogP contribution < -0.4 is 11.1 Å². The largest absolute Gasteiger partial charge is 0.330 e. The van der Waals surface area contributed by atoms with Gasteiger partial charge in [-0.3, -0.25) is 4.79 Å². The van der Waals surface area contributed by atoms with Crippen molar-refractivity contribution >= 4 is 27.5 Å². The van der Waals surface area contributed by atoms with Crippen LogP contribution in [-0.4, -0.2) is 12.5 Å². The highest BCUT2D eigenvalue weighted by atomic mass is 79.9. The molecular formula is C13H15BrF2N2O. The molecule has 1 fully saturated rings. The lowest BCUT2D eigenvalue weighted by Crippen LogP contribution is -2.30. The molecular weight excluding hydrogens is 318 g/mol. The summed E-state index contributed by atoms with van der Waals surface area (Å²) >= 11 is 2.97. The first-order valence-electron chi connectivity index (χ1n) is 6.18. The van der Waals surface area contributed by atoms with Gasteiger partial charge in [0.25, 0.3) is 0 Å². The molecule has 1 aromatic carbocycles. The molecule has 0 heterocycles. The molecule has 1 saturated carbocycles. The number of amides is 1. The molecule has 0 spiro atoms. The van der Waals surface area contributed by atoms with Crippen LogP contribution in [0, 0.1) is 23.5 Å². The van der Waals surface area contributed by atoms with Gasteiger partial charge < -0.3 is 11.1 Å².